The van der Waals surface area contributed by atoms with Crippen LogP contribution in [0.25, 0.3) is 0 Å². The number of carbonyl (C=O) groups is 2. The zero-order valence-corrected chi connectivity index (χ0v) is 10.9. The van der Waals surface area contributed by atoms with Gasteiger partial charge in [0.05, 0.1) is 26.1 Å². The molecular weight excluding hydrogens is 278 g/mol. The zero-order valence-electron chi connectivity index (χ0n) is 8.59. The molecule has 16 heavy (non-hydrogen) atoms. The van der Waals surface area contributed by atoms with E-state index in [2.05, 4.69) is 0 Å². The van der Waals surface area contributed by atoms with Gasteiger partial charge in [0.2, 0.25) is 0 Å². The van der Waals surface area contributed by atoms with Crippen LogP contribution in [0.1, 0.15) is 25.7 Å². The summed E-state index contributed by atoms with van der Waals surface area (Å²) in [5.74, 6) is -0.622. The fraction of sp³-hybridized carbons (Fsp3) is 0.778. The quantitative estimate of drug-likeness (QED) is 0.508. The van der Waals surface area contributed by atoms with Gasteiger partial charge in [0.25, 0.3) is 0 Å². The molecule has 7 heteroatoms. The van der Waals surface area contributed by atoms with Crippen molar-refractivity contribution in [2.24, 2.45) is 0 Å². The molecule has 94 valence electrons. The Morgan fingerprint density at radius 2 is 1.19 bits per heavy atom. The minimum absolute atomic E-state index is 0.138. The minimum atomic E-state index is -0.750. The van der Waals surface area contributed by atoms with Crippen molar-refractivity contribution in [2.45, 2.75) is 30.0 Å². The number of ether oxygens (including phenoxy) is 2. The largest absolute Gasteiger partial charge is 0.466 e. The summed E-state index contributed by atoms with van der Waals surface area (Å²) >= 11 is 14.4. The lowest BCUT2D eigenvalue weighted by molar-refractivity contribution is -0.152. The van der Waals surface area contributed by atoms with E-state index in [0.29, 0.717) is 13.2 Å². The van der Waals surface area contributed by atoms with Crippen LogP contribution in [0.5, 0.6) is 0 Å². The molecule has 1 fully saturated rings. The average Bonchev–Trinajstić information content (AvgIpc) is 2.19. The average molecular weight is 292 g/mol. The first-order valence-electron chi connectivity index (χ1n) is 4.76. The van der Waals surface area contributed by atoms with Gasteiger partial charge in [-0.25, -0.2) is 0 Å². The number of esters is 2. The van der Waals surface area contributed by atoms with Crippen molar-refractivity contribution in [1.82, 2.24) is 0 Å². The van der Waals surface area contributed by atoms with E-state index in [0.717, 1.165) is 12.8 Å². The fourth-order valence-electron chi connectivity index (χ4n) is 0.925. The van der Waals surface area contributed by atoms with Crippen LogP contribution in [0.15, 0.2) is 0 Å². The number of carbonyl (C=O) groups excluding carboxylic acids is 2. The van der Waals surface area contributed by atoms with Gasteiger partial charge in [0.15, 0.2) is 4.30 Å². The highest BCUT2D eigenvalue weighted by atomic mass is 35.6. The predicted molar refractivity (Wildman–Crippen MR) is 61.7 cm³/mol. The highest BCUT2D eigenvalue weighted by Crippen LogP contribution is 2.03. The van der Waals surface area contributed by atoms with Gasteiger partial charge in [-0.15, -0.1) is 0 Å². The molecule has 1 rings (SSSR count). The molecule has 0 bridgehead atoms. The molecule has 0 saturated carbocycles. The molecule has 1 aliphatic heterocycles. The first kappa shape index (κ1) is 15.8. The third kappa shape index (κ3) is 11.9. The number of hydrogen-bond acceptors (Lipinski definition) is 4. The van der Waals surface area contributed by atoms with E-state index in [1.54, 1.807) is 0 Å². The van der Waals surface area contributed by atoms with Gasteiger partial charge in [0.1, 0.15) is 0 Å². The molecule has 0 unspecified atom stereocenters. The summed E-state index contributed by atoms with van der Waals surface area (Å²) < 4.78 is 8.89. The summed E-state index contributed by atoms with van der Waals surface area (Å²) in [6.45, 7) is 0.882. The smallest absolute Gasteiger partial charge is 0.306 e. The molecule has 1 aliphatic rings. The highest BCUT2D eigenvalue weighted by molar-refractivity contribution is 6.63. The molecule has 0 spiro atoms. The highest BCUT2D eigenvalue weighted by Gasteiger charge is 2.10. The molecule has 0 aromatic heterocycles. The Bertz CT molecular complexity index is 198. The van der Waals surface area contributed by atoms with Crippen molar-refractivity contribution in [3.63, 3.8) is 0 Å². The summed E-state index contributed by atoms with van der Waals surface area (Å²) in [5.41, 5.74) is 0. The third-order valence-electron chi connectivity index (χ3n) is 1.60. The summed E-state index contributed by atoms with van der Waals surface area (Å²) in [6.07, 6.45) is 1.80. The van der Waals surface area contributed by atoms with E-state index in [1.807, 2.05) is 0 Å². The molecule has 1 heterocycles. The zero-order chi connectivity index (χ0) is 12.4. The Morgan fingerprint density at radius 1 is 0.875 bits per heavy atom. The molecule has 4 nitrogen and oxygen atoms in total. The van der Waals surface area contributed by atoms with Crippen molar-refractivity contribution in [2.75, 3.05) is 13.2 Å². The predicted octanol–water partition coefficient (Wildman–Crippen LogP) is 2.63. The first-order chi connectivity index (χ1) is 7.52. The Hall–Kier alpha value is -0.190. The molecule has 0 N–H and O–H groups in total. The molecule has 1 saturated heterocycles. The van der Waals surface area contributed by atoms with E-state index >= 15 is 0 Å². The van der Waals surface area contributed by atoms with Gasteiger partial charge in [-0.3, -0.25) is 9.59 Å². The Balaban J connectivity index is 0.000000487. The van der Waals surface area contributed by atoms with Gasteiger partial charge >= 0.3 is 11.9 Å². The SMILES string of the molecule is ClC(Cl)Cl.O=C1CCC(=O)OCCCCO1. The number of rotatable bonds is 0. The fourth-order valence-corrected chi connectivity index (χ4v) is 0.925. The molecule has 0 aliphatic carbocycles. The second kappa shape index (κ2) is 10.00. The lowest BCUT2D eigenvalue weighted by Gasteiger charge is -2.08. The van der Waals surface area contributed by atoms with Gasteiger partial charge in [0, 0.05) is 0 Å². The van der Waals surface area contributed by atoms with Crippen molar-refractivity contribution < 1.29 is 19.1 Å². The molecule has 0 atom stereocenters. The third-order valence-corrected chi connectivity index (χ3v) is 1.60. The van der Waals surface area contributed by atoms with Crippen LogP contribution < -0.4 is 0 Å². The maximum atomic E-state index is 10.8. The van der Waals surface area contributed by atoms with Crippen molar-refractivity contribution in [3.05, 3.63) is 0 Å². The summed E-state index contributed by atoms with van der Waals surface area (Å²) in [6, 6.07) is 0. The maximum Gasteiger partial charge on any atom is 0.306 e. The van der Waals surface area contributed by atoms with Gasteiger partial charge < -0.3 is 9.47 Å². The van der Waals surface area contributed by atoms with Crippen molar-refractivity contribution in [1.29, 1.82) is 0 Å². The van der Waals surface area contributed by atoms with Crippen LogP contribution in [-0.2, 0) is 19.1 Å². The number of alkyl halides is 3. The standard InChI is InChI=1S/C8H12O4.CHCl3/c9-7-3-4-8(10)12-6-2-1-5-11-7;2-1(3)4/h1-6H2;1H. The topological polar surface area (TPSA) is 52.6 Å². The van der Waals surface area contributed by atoms with Crippen molar-refractivity contribution >= 4 is 46.7 Å². The first-order valence-corrected chi connectivity index (χ1v) is 6.06. The monoisotopic (exact) mass is 290 g/mol. The van der Waals surface area contributed by atoms with E-state index in [-0.39, 0.29) is 24.8 Å². The molecule has 0 amide bonds. The van der Waals surface area contributed by atoms with E-state index in [1.165, 1.54) is 0 Å². The maximum absolute atomic E-state index is 10.8. The van der Waals surface area contributed by atoms with Crippen LogP contribution in [0, 0.1) is 0 Å². The number of cyclic esters (lactones) is 2. The lowest BCUT2D eigenvalue weighted by atomic mass is 10.3. The second-order valence-electron chi connectivity index (χ2n) is 2.90. The Labute approximate surface area is 109 Å². The lowest BCUT2D eigenvalue weighted by Crippen LogP contribution is -2.14. The van der Waals surface area contributed by atoms with E-state index in [9.17, 15) is 9.59 Å². The van der Waals surface area contributed by atoms with Crippen LogP contribution in [0.4, 0.5) is 0 Å². The summed E-state index contributed by atoms with van der Waals surface area (Å²) in [5, 5.41) is 0. The van der Waals surface area contributed by atoms with Gasteiger partial charge in [-0.1, -0.05) is 34.8 Å². The molecular formula is C9H13Cl3O4. The number of hydrogen-bond donors (Lipinski definition) is 0. The van der Waals surface area contributed by atoms with Crippen LogP contribution in [0.2, 0.25) is 0 Å². The molecule has 0 aromatic carbocycles. The minimum Gasteiger partial charge on any atom is -0.466 e. The Kier molecular flexibility index (Phi) is 9.88. The Morgan fingerprint density at radius 3 is 1.50 bits per heavy atom. The summed E-state index contributed by atoms with van der Waals surface area (Å²) in [4.78, 5) is 21.6. The molecule has 0 radical (unpaired) electrons. The molecule has 0 aromatic rings. The van der Waals surface area contributed by atoms with Gasteiger partial charge in [-0.05, 0) is 12.8 Å². The summed E-state index contributed by atoms with van der Waals surface area (Å²) in [7, 11) is 0. The van der Waals surface area contributed by atoms with E-state index < -0.39 is 4.30 Å². The van der Waals surface area contributed by atoms with E-state index in [4.69, 9.17) is 44.3 Å². The normalized spacial score (nSPS) is 18.0. The van der Waals surface area contributed by atoms with Gasteiger partial charge in [-0.2, -0.15) is 0 Å². The number of halogens is 3. The van der Waals surface area contributed by atoms with Crippen LogP contribution in [0.3, 0.4) is 0 Å². The van der Waals surface area contributed by atoms with Crippen molar-refractivity contribution in [3.8, 4) is 0 Å². The second-order valence-corrected chi connectivity index (χ2v) is 4.87. The van der Waals surface area contributed by atoms with Crippen LogP contribution in [-0.4, -0.2) is 29.4 Å². The van der Waals surface area contributed by atoms with Crippen LogP contribution >= 0.6 is 34.8 Å².